The molecule has 0 radical (unpaired) electrons. The Morgan fingerprint density at radius 3 is 2.66 bits per heavy atom. The molecule has 29 heavy (non-hydrogen) atoms. The molecule has 0 atom stereocenters. The summed E-state index contributed by atoms with van der Waals surface area (Å²) < 4.78 is 14.2. The van der Waals surface area contributed by atoms with Crippen molar-refractivity contribution in [3.8, 4) is 11.3 Å². The van der Waals surface area contributed by atoms with Crippen LogP contribution in [0.15, 0.2) is 67.0 Å². The molecule has 0 aliphatic carbocycles. The summed E-state index contributed by atoms with van der Waals surface area (Å²) in [6.07, 6.45) is 3.34. The Morgan fingerprint density at radius 1 is 1.00 bits per heavy atom. The zero-order valence-corrected chi connectivity index (χ0v) is 15.8. The summed E-state index contributed by atoms with van der Waals surface area (Å²) in [5, 5.41) is 1.13. The molecule has 5 nitrogen and oxygen atoms in total. The number of benzene rings is 2. The molecular weight excluding hydrogens is 365 g/mol. The summed E-state index contributed by atoms with van der Waals surface area (Å²) in [6, 6.07) is 17.3. The lowest BCUT2D eigenvalue weighted by molar-refractivity contribution is 0.509. The van der Waals surface area contributed by atoms with Gasteiger partial charge in [-0.15, -0.1) is 0 Å². The summed E-state index contributed by atoms with van der Waals surface area (Å²) in [5.74, 6) is 0.880. The minimum absolute atomic E-state index is 0.176. The molecule has 1 saturated heterocycles. The molecule has 6 heteroatoms. The molecule has 1 fully saturated rings. The normalized spacial score (nSPS) is 14.2. The minimum atomic E-state index is -0.308. The Kier molecular flexibility index (Phi) is 4.41. The van der Waals surface area contributed by atoms with Gasteiger partial charge in [0.05, 0.1) is 16.9 Å². The first kappa shape index (κ1) is 17.7. The molecular formula is C23H20FN5. The van der Waals surface area contributed by atoms with Crippen molar-refractivity contribution in [2.45, 2.75) is 12.5 Å². The number of para-hydroxylation sites is 1. The number of hydrogen-bond donors (Lipinski definition) is 1. The van der Waals surface area contributed by atoms with Crippen LogP contribution in [0.25, 0.3) is 22.2 Å². The largest absolute Gasteiger partial charge is 0.355 e. The Bertz CT molecular complexity index is 1190. The van der Waals surface area contributed by atoms with Gasteiger partial charge in [-0.05, 0) is 24.3 Å². The van der Waals surface area contributed by atoms with Crippen molar-refractivity contribution in [3.63, 3.8) is 0 Å². The number of rotatable bonds is 4. The van der Waals surface area contributed by atoms with E-state index in [1.54, 1.807) is 18.5 Å². The maximum atomic E-state index is 14.2. The molecule has 2 aromatic heterocycles. The number of halogens is 1. The van der Waals surface area contributed by atoms with Gasteiger partial charge < -0.3 is 10.6 Å². The SMILES string of the molecule is NCc1ccc(-c2nccnc2C2CN(c3ccc4ccccc4n3)C2)cc1F. The first-order valence-corrected chi connectivity index (χ1v) is 9.63. The highest BCUT2D eigenvalue weighted by Gasteiger charge is 2.32. The number of aromatic nitrogens is 3. The van der Waals surface area contributed by atoms with Crippen molar-refractivity contribution in [2.24, 2.45) is 5.73 Å². The fourth-order valence-corrected chi connectivity index (χ4v) is 3.80. The third kappa shape index (κ3) is 3.21. The van der Waals surface area contributed by atoms with Crippen LogP contribution in [0.5, 0.6) is 0 Å². The fourth-order valence-electron chi connectivity index (χ4n) is 3.80. The van der Waals surface area contributed by atoms with Crippen LogP contribution in [0.4, 0.5) is 10.2 Å². The Morgan fingerprint density at radius 2 is 1.83 bits per heavy atom. The molecule has 0 spiro atoms. The van der Waals surface area contributed by atoms with E-state index in [1.807, 2.05) is 24.3 Å². The second kappa shape index (κ2) is 7.22. The summed E-state index contributed by atoms with van der Waals surface area (Å²) >= 11 is 0. The number of hydrogen-bond acceptors (Lipinski definition) is 5. The molecule has 0 bridgehead atoms. The third-order valence-corrected chi connectivity index (χ3v) is 5.45. The van der Waals surface area contributed by atoms with E-state index < -0.39 is 0 Å². The first-order chi connectivity index (χ1) is 14.2. The predicted molar refractivity (Wildman–Crippen MR) is 112 cm³/mol. The van der Waals surface area contributed by atoms with Gasteiger partial charge in [-0.3, -0.25) is 9.97 Å². The Balaban J connectivity index is 1.40. The van der Waals surface area contributed by atoms with Crippen molar-refractivity contribution in [2.75, 3.05) is 18.0 Å². The zero-order valence-electron chi connectivity index (χ0n) is 15.8. The van der Waals surface area contributed by atoms with Crippen LogP contribution >= 0.6 is 0 Å². The van der Waals surface area contributed by atoms with Gasteiger partial charge in [0, 0.05) is 54.5 Å². The molecule has 4 aromatic rings. The smallest absolute Gasteiger partial charge is 0.129 e. The van der Waals surface area contributed by atoms with Gasteiger partial charge in [0.2, 0.25) is 0 Å². The lowest BCUT2D eigenvalue weighted by Gasteiger charge is -2.40. The summed E-state index contributed by atoms with van der Waals surface area (Å²) in [6.45, 7) is 1.79. The zero-order chi connectivity index (χ0) is 19.8. The number of pyridine rings is 1. The maximum Gasteiger partial charge on any atom is 0.129 e. The van der Waals surface area contributed by atoms with Gasteiger partial charge in [0.1, 0.15) is 11.6 Å². The van der Waals surface area contributed by atoms with E-state index in [4.69, 9.17) is 10.7 Å². The molecule has 1 aliphatic heterocycles. The van der Waals surface area contributed by atoms with Gasteiger partial charge >= 0.3 is 0 Å². The first-order valence-electron chi connectivity index (χ1n) is 9.63. The van der Waals surface area contributed by atoms with E-state index in [1.165, 1.54) is 6.07 Å². The molecule has 0 unspecified atom stereocenters. The third-order valence-electron chi connectivity index (χ3n) is 5.45. The molecule has 2 aromatic carbocycles. The van der Waals surface area contributed by atoms with Gasteiger partial charge in [-0.1, -0.05) is 30.3 Å². The monoisotopic (exact) mass is 385 g/mol. The van der Waals surface area contributed by atoms with Crippen LogP contribution in [0, 0.1) is 5.82 Å². The Labute approximate surface area is 168 Å². The summed E-state index contributed by atoms with van der Waals surface area (Å²) in [4.78, 5) is 16.1. The molecule has 1 aliphatic rings. The lowest BCUT2D eigenvalue weighted by atomic mass is 9.92. The van der Waals surface area contributed by atoms with Crippen LogP contribution in [0.1, 0.15) is 17.2 Å². The van der Waals surface area contributed by atoms with Gasteiger partial charge in [0.25, 0.3) is 0 Å². The van der Waals surface area contributed by atoms with Crippen LogP contribution < -0.4 is 10.6 Å². The number of fused-ring (bicyclic) bond motifs is 1. The quantitative estimate of drug-likeness (QED) is 0.577. The van der Waals surface area contributed by atoms with Gasteiger partial charge in [0.15, 0.2) is 0 Å². The van der Waals surface area contributed by atoms with E-state index in [-0.39, 0.29) is 18.3 Å². The molecule has 144 valence electrons. The topological polar surface area (TPSA) is 67.9 Å². The average Bonchev–Trinajstić information content (AvgIpc) is 2.73. The number of anilines is 1. The van der Waals surface area contributed by atoms with Gasteiger partial charge in [-0.25, -0.2) is 9.37 Å². The van der Waals surface area contributed by atoms with E-state index in [2.05, 4.69) is 33.1 Å². The standard InChI is InChI=1S/C23H20FN5/c24-19-11-16(5-6-17(19)12-25)22-23(27-10-9-26-22)18-13-29(14-18)21-8-7-15-3-1-2-4-20(15)28-21/h1-11,18H,12-14,25H2. The molecule has 5 rings (SSSR count). The van der Waals surface area contributed by atoms with E-state index >= 15 is 0 Å². The van der Waals surface area contributed by atoms with E-state index in [0.717, 1.165) is 46.8 Å². The molecule has 3 heterocycles. The maximum absolute atomic E-state index is 14.2. The van der Waals surface area contributed by atoms with Gasteiger partial charge in [-0.2, -0.15) is 0 Å². The summed E-state index contributed by atoms with van der Waals surface area (Å²) in [7, 11) is 0. The average molecular weight is 385 g/mol. The predicted octanol–water partition coefficient (Wildman–Crippen LogP) is 3.89. The van der Waals surface area contributed by atoms with Crippen LogP contribution in [0.3, 0.4) is 0 Å². The Hall–Kier alpha value is -3.38. The number of nitrogens with two attached hydrogens (primary N) is 1. The van der Waals surface area contributed by atoms with Crippen molar-refractivity contribution < 1.29 is 4.39 Å². The molecule has 2 N–H and O–H groups in total. The second-order valence-corrected chi connectivity index (χ2v) is 7.26. The minimum Gasteiger partial charge on any atom is -0.355 e. The van der Waals surface area contributed by atoms with Crippen molar-refractivity contribution >= 4 is 16.7 Å². The highest BCUT2D eigenvalue weighted by Crippen LogP contribution is 2.35. The lowest BCUT2D eigenvalue weighted by Crippen LogP contribution is -2.46. The van der Waals surface area contributed by atoms with Crippen molar-refractivity contribution in [3.05, 3.63) is 84.1 Å². The highest BCUT2D eigenvalue weighted by atomic mass is 19.1. The van der Waals surface area contributed by atoms with Crippen LogP contribution in [0.2, 0.25) is 0 Å². The van der Waals surface area contributed by atoms with E-state index in [0.29, 0.717) is 5.56 Å². The fraction of sp³-hybridized carbons (Fsp3) is 0.174. The highest BCUT2D eigenvalue weighted by molar-refractivity contribution is 5.80. The molecule has 0 saturated carbocycles. The van der Waals surface area contributed by atoms with E-state index in [9.17, 15) is 4.39 Å². The number of nitrogens with zero attached hydrogens (tertiary/aromatic N) is 4. The molecule has 0 amide bonds. The van der Waals surface area contributed by atoms with Crippen molar-refractivity contribution in [1.29, 1.82) is 0 Å². The van der Waals surface area contributed by atoms with Crippen LogP contribution in [-0.2, 0) is 6.54 Å². The van der Waals surface area contributed by atoms with Crippen molar-refractivity contribution in [1.82, 2.24) is 15.0 Å². The second-order valence-electron chi connectivity index (χ2n) is 7.26. The summed E-state index contributed by atoms with van der Waals surface area (Å²) in [5.41, 5.74) is 9.41. The van der Waals surface area contributed by atoms with Crippen LogP contribution in [-0.4, -0.2) is 28.0 Å².